The highest BCUT2D eigenvalue weighted by molar-refractivity contribution is 6.30. The van der Waals surface area contributed by atoms with E-state index in [1.54, 1.807) is 27.2 Å². The molecule has 0 radical (unpaired) electrons. The molecule has 0 aliphatic heterocycles. The Hall–Kier alpha value is -3.29. The summed E-state index contributed by atoms with van der Waals surface area (Å²) in [5.41, 5.74) is 3.31. The summed E-state index contributed by atoms with van der Waals surface area (Å²) in [6.45, 7) is 4.09. The Balaban J connectivity index is 1.71. The highest BCUT2D eigenvalue weighted by atomic mass is 35.5. The number of benzene rings is 2. The van der Waals surface area contributed by atoms with Gasteiger partial charge < -0.3 is 23.9 Å². The number of methoxy groups -OCH3 is 1. The Kier molecular flexibility index (Phi) is 6.48. The van der Waals surface area contributed by atoms with Crippen LogP contribution in [0, 0.1) is 0 Å². The molecule has 32 heavy (non-hydrogen) atoms. The molecule has 4 rings (SSSR count). The summed E-state index contributed by atoms with van der Waals surface area (Å²) in [6.07, 6.45) is 0.512. The van der Waals surface area contributed by atoms with E-state index in [1.165, 1.54) is 0 Å². The van der Waals surface area contributed by atoms with Crippen LogP contribution < -0.4 is 9.47 Å². The average Bonchev–Trinajstić information content (AvgIpc) is 3.11. The third-order valence-electron chi connectivity index (χ3n) is 4.77. The maximum Gasteiger partial charge on any atom is 0.515 e. The van der Waals surface area contributed by atoms with Crippen molar-refractivity contribution >= 4 is 39.6 Å². The topological polar surface area (TPSA) is 82.7 Å². The lowest BCUT2D eigenvalue weighted by atomic mass is 10.1. The number of nitrogens with one attached hydrogen (secondary N) is 1. The number of carbonyl (C=O) groups is 1. The predicted molar refractivity (Wildman–Crippen MR) is 122 cm³/mol. The molecule has 0 atom stereocenters. The molecule has 0 unspecified atom stereocenters. The van der Waals surface area contributed by atoms with E-state index < -0.39 is 6.16 Å². The van der Waals surface area contributed by atoms with Gasteiger partial charge >= 0.3 is 6.16 Å². The van der Waals surface area contributed by atoms with Crippen molar-refractivity contribution in [3.05, 3.63) is 64.8 Å². The van der Waals surface area contributed by atoms with E-state index in [9.17, 15) is 4.79 Å². The van der Waals surface area contributed by atoms with Crippen LogP contribution in [0.1, 0.15) is 25.0 Å². The number of aromatic nitrogens is 2. The summed E-state index contributed by atoms with van der Waals surface area (Å²) in [4.78, 5) is 19.7. The fourth-order valence-corrected chi connectivity index (χ4v) is 3.68. The Morgan fingerprint density at radius 2 is 1.97 bits per heavy atom. The van der Waals surface area contributed by atoms with Crippen LogP contribution in [0.25, 0.3) is 21.8 Å². The van der Waals surface area contributed by atoms with Gasteiger partial charge in [0.2, 0.25) is 5.88 Å². The standard InChI is InChI=1S/C24H23ClN2O5/c1-14(2)31-24(28)32-23-19(13-29-3)22-18-10-17(7-8-20(18)27-21(22)11-26-23)30-12-15-5-4-6-16(25)9-15/h4-11,14,27H,12-13H2,1-3H3. The Labute approximate surface area is 190 Å². The van der Waals surface area contributed by atoms with E-state index >= 15 is 0 Å². The smallest absolute Gasteiger partial charge is 0.489 e. The molecule has 0 aliphatic carbocycles. The quantitative estimate of drug-likeness (QED) is 0.344. The Bertz CT molecular complexity index is 1270. The number of rotatable bonds is 7. The van der Waals surface area contributed by atoms with Crippen molar-refractivity contribution < 1.29 is 23.7 Å². The number of hydrogen-bond donors (Lipinski definition) is 1. The summed E-state index contributed by atoms with van der Waals surface area (Å²) in [7, 11) is 1.57. The van der Waals surface area contributed by atoms with Crippen LogP contribution in [0.4, 0.5) is 4.79 Å². The molecular weight excluding hydrogens is 432 g/mol. The third-order valence-corrected chi connectivity index (χ3v) is 5.00. The van der Waals surface area contributed by atoms with Crippen LogP contribution in [-0.2, 0) is 22.7 Å². The molecule has 0 fully saturated rings. The monoisotopic (exact) mass is 454 g/mol. The van der Waals surface area contributed by atoms with E-state index in [0.29, 0.717) is 22.9 Å². The molecule has 8 heteroatoms. The minimum atomic E-state index is -0.811. The minimum Gasteiger partial charge on any atom is -0.489 e. The molecule has 0 bridgehead atoms. The number of H-pyrrole nitrogens is 1. The summed E-state index contributed by atoms with van der Waals surface area (Å²) >= 11 is 6.06. The molecule has 2 aromatic heterocycles. The van der Waals surface area contributed by atoms with Crippen LogP contribution in [0.3, 0.4) is 0 Å². The van der Waals surface area contributed by atoms with Gasteiger partial charge in [0.25, 0.3) is 0 Å². The van der Waals surface area contributed by atoms with Crippen molar-refractivity contribution in [2.75, 3.05) is 7.11 Å². The van der Waals surface area contributed by atoms with Crippen LogP contribution in [0.15, 0.2) is 48.7 Å². The lowest BCUT2D eigenvalue weighted by Crippen LogP contribution is -2.17. The van der Waals surface area contributed by atoms with Gasteiger partial charge in [-0.15, -0.1) is 0 Å². The van der Waals surface area contributed by atoms with Crippen molar-refractivity contribution in [2.24, 2.45) is 0 Å². The van der Waals surface area contributed by atoms with Crippen molar-refractivity contribution in [1.82, 2.24) is 9.97 Å². The Morgan fingerprint density at radius 3 is 2.72 bits per heavy atom. The predicted octanol–water partition coefficient (Wildman–Crippen LogP) is 6.02. The highest BCUT2D eigenvalue weighted by Gasteiger charge is 2.19. The molecule has 0 amide bonds. The van der Waals surface area contributed by atoms with Gasteiger partial charge in [0.1, 0.15) is 12.4 Å². The number of ether oxygens (including phenoxy) is 4. The second kappa shape index (κ2) is 9.46. The van der Waals surface area contributed by atoms with Crippen LogP contribution in [0.2, 0.25) is 5.02 Å². The fraction of sp³-hybridized carbons (Fsp3) is 0.250. The molecular formula is C24H23ClN2O5. The molecule has 0 saturated heterocycles. The van der Waals surface area contributed by atoms with Gasteiger partial charge in [-0.3, -0.25) is 0 Å². The molecule has 166 valence electrons. The van der Waals surface area contributed by atoms with Crippen LogP contribution >= 0.6 is 11.6 Å². The van der Waals surface area contributed by atoms with Gasteiger partial charge in [0.15, 0.2) is 0 Å². The lowest BCUT2D eigenvalue weighted by Gasteiger charge is -2.12. The summed E-state index contributed by atoms with van der Waals surface area (Å²) < 4.78 is 21.8. The number of halogens is 1. The molecule has 7 nitrogen and oxygen atoms in total. The molecule has 0 aliphatic rings. The molecule has 0 saturated carbocycles. The van der Waals surface area contributed by atoms with Crippen molar-refractivity contribution in [3.63, 3.8) is 0 Å². The van der Waals surface area contributed by atoms with E-state index in [4.69, 9.17) is 30.5 Å². The van der Waals surface area contributed by atoms with Crippen molar-refractivity contribution in [3.8, 4) is 11.6 Å². The normalized spacial score (nSPS) is 11.3. The first-order chi connectivity index (χ1) is 15.4. The Morgan fingerprint density at radius 1 is 1.12 bits per heavy atom. The molecule has 0 spiro atoms. The summed E-state index contributed by atoms with van der Waals surface area (Å²) in [5, 5.41) is 2.41. The van der Waals surface area contributed by atoms with Gasteiger partial charge in [-0.25, -0.2) is 9.78 Å². The largest absolute Gasteiger partial charge is 0.515 e. The maximum atomic E-state index is 12.1. The average molecular weight is 455 g/mol. The molecule has 2 heterocycles. The first kappa shape index (κ1) is 21.9. The molecule has 2 aromatic carbocycles. The maximum absolute atomic E-state index is 12.1. The van der Waals surface area contributed by atoms with Crippen LogP contribution in [-0.4, -0.2) is 29.3 Å². The zero-order valence-electron chi connectivity index (χ0n) is 18.0. The SMILES string of the molecule is COCc1c(OC(=O)OC(C)C)ncc2[nH]c3ccc(OCc4cccc(Cl)c4)cc3c12. The lowest BCUT2D eigenvalue weighted by molar-refractivity contribution is 0.0705. The number of pyridine rings is 1. The van der Waals surface area contributed by atoms with Crippen LogP contribution in [0.5, 0.6) is 11.6 Å². The van der Waals surface area contributed by atoms with Crippen molar-refractivity contribution in [1.29, 1.82) is 0 Å². The third kappa shape index (κ3) is 4.79. The van der Waals surface area contributed by atoms with E-state index in [-0.39, 0.29) is 18.6 Å². The van der Waals surface area contributed by atoms with Gasteiger partial charge in [0.05, 0.1) is 30.0 Å². The second-order valence-electron chi connectivity index (χ2n) is 7.53. The fourth-order valence-electron chi connectivity index (χ4n) is 3.47. The number of aromatic amines is 1. The van der Waals surface area contributed by atoms with Gasteiger partial charge in [0, 0.05) is 28.4 Å². The molecule has 4 aromatic rings. The van der Waals surface area contributed by atoms with Gasteiger partial charge in [-0.2, -0.15) is 0 Å². The van der Waals surface area contributed by atoms with Gasteiger partial charge in [-0.1, -0.05) is 23.7 Å². The first-order valence-electron chi connectivity index (χ1n) is 10.1. The summed E-state index contributed by atoms with van der Waals surface area (Å²) in [5.74, 6) is 0.844. The minimum absolute atomic E-state index is 0.149. The van der Waals surface area contributed by atoms with E-state index in [2.05, 4.69) is 9.97 Å². The number of fused-ring (bicyclic) bond motifs is 3. The van der Waals surface area contributed by atoms with Crippen molar-refractivity contribution in [2.45, 2.75) is 33.2 Å². The first-order valence-corrected chi connectivity index (χ1v) is 10.5. The molecule has 1 N–H and O–H groups in total. The zero-order chi connectivity index (χ0) is 22.7. The second-order valence-corrected chi connectivity index (χ2v) is 7.97. The van der Waals surface area contributed by atoms with Gasteiger partial charge in [-0.05, 0) is 49.7 Å². The van der Waals surface area contributed by atoms with E-state index in [0.717, 1.165) is 27.4 Å². The summed E-state index contributed by atoms with van der Waals surface area (Å²) in [6, 6.07) is 13.3. The zero-order valence-corrected chi connectivity index (χ0v) is 18.7. The number of hydrogen-bond acceptors (Lipinski definition) is 6. The van der Waals surface area contributed by atoms with E-state index in [1.807, 2.05) is 42.5 Å². The highest BCUT2D eigenvalue weighted by Crippen LogP contribution is 2.35. The number of carbonyl (C=O) groups excluding carboxylic acids is 1. The number of nitrogens with zero attached hydrogens (tertiary/aromatic N) is 1.